The second-order valence-corrected chi connectivity index (χ2v) is 7.57. The Kier molecular flexibility index (Phi) is 5.15. The van der Waals surface area contributed by atoms with Crippen LogP contribution < -0.4 is 9.47 Å². The standard InChI is InChI=1S/C22H15F3O3S/c23-22(24,25)21-19(15-4-2-1-3-5-15)10-18(29-21)13-27-17-7-6-16-8-14(11-26)12-28-20(16)9-17/h1-11H,12-13H2. The fourth-order valence-corrected chi connectivity index (χ4v) is 3.99. The van der Waals surface area contributed by atoms with Gasteiger partial charge in [0.15, 0.2) is 0 Å². The third-order valence-electron chi connectivity index (χ3n) is 4.38. The molecule has 0 amide bonds. The van der Waals surface area contributed by atoms with Gasteiger partial charge >= 0.3 is 6.18 Å². The van der Waals surface area contributed by atoms with Crippen LogP contribution in [0.5, 0.6) is 11.5 Å². The average Bonchev–Trinajstić information content (AvgIpc) is 3.17. The topological polar surface area (TPSA) is 35.5 Å². The number of aldehydes is 1. The van der Waals surface area contributed by atoms with E-state index in [0.29, 0.717) is 38.8 Å². The maximum absolute atomic E-state index is 13.5. The number of hydrogen-bond donors (Lipinski definition) is 0. The number of carbonyl (C=O) groups is 1. The Morgan fingerprint density at radius 1 is 1.10 bits per heavy atom. The average molecular weight is 416 g/mol. The molecule has 7 heteroatoms. The van der Waals surface area contributed by atoms with Crippen LogP contribution in [-0.2, 0) is 17.6 Å². The lowest BCUT2D eigenvalue weighted by atomic mass is 10.1. The van der Waals surface area contributed by atoms with Crippen molar-refractivity contribution >= 4 is 23.7 Å². The van der Waals surface area contributed by atoms with E-state index < -0.39 is 11.1 Å². The number of benzene rings is 2. The number of ether oxygens (including phenoxy) is 2. The summed E-state index contributed by atoms with van der Waals surface area (Å²) >= 11 is 0.683. The number of rotatable bonds is 5. The molecule has 0 saturated heterocycles. The number of halogens is 3. The van der Waals surface area contributed by atoms with Crippen molar-refractivity contribution in [2.45, 2.75) is 12.8 Å². The molecule has 0 radical (unpaired) electrons. The molecule has 3 nitrogen and oxygen atoms in total. The second-order valence-electron chi connectivity index (χ2n) is 6.43. The lowest BCUT2D eigenvalue weighted by molar-refractivity contribution is -0.133. The largest absolute Gasteiger partial charge is 0.488 e. The summed E-state index contributed by atoms with van der Waals surface area (Å²) in [5.41, 5.74) is 1.97. The van der Waals surface area contributed by atoms with Crippen LogP contribution in [0, 0.1) is 0 Å². The molecule has 4 rings (SSSR count). The first-order valence-electron chi connectivity index (χ1n) is 8.75. The minimum Gasteiger partial charge on any atom is -0.488 e. The number of hydrogen-bond acceptors (Lipinski definition) is 4. The van der Waals surface area contributed by atoms with Crippen molar-refractivity contribution in [3.63, 3.8) is 0 Å². The Bertz CT molecular complexity index is 1070. The highest BCUT2D eigenvalue weighted by atomic mass is 32.1. The van der Waals surface area contributed by atoms with E-state index in [1.807, 2.05) is 0 Å². The zero-order valence-electron chi connectivity index (χ0n) is 15.0. The van der Waals surface area contributed by atoms with Crippen molar-refractivity contribution in [3.05, 3.63) is 75.5 Å². The quantitative estimate of drug-likeness (QED) is 0.480. The Labute approximate surface area is 169 Å². The van der Waals surface area contributed by atoms with Gasteiger partial charge in [-0.3, -0.25) is 4.79 Å². The molecular formula is C22H15F3O3S. The van der Waals surface area contributed by atoms with Gasteiger partial charge in [-0.2, -0.15) is 13.2 Å². The SMILES string of the molecule is O=CC1=Cc2ccc(OCc3cc(-c4ccccc4)c(C(F)(F)F)s3)cc2OC1. The Morgan fingerprint density at radius 3 is 2.62 bits per heavy atom. The van der Waals surface area contributed by atoms with E-state index in [0.717, 1.165) is 11.8 Å². The normalized spacial score (nSPS) is 13.3. The highest BCUT2D eigenvalue weighted by Gasteiger charge is 2.36. The maximum atomic E-state index is 13.5. The van der Waals surface area contributed by atoms with Crippen molar-refractivity contribution in [3.8, 4) is 22.6 Å². The third-order valence-corrected chi connectivity index (χ3v) is 5.53. The summed E-state index contributed by atoms with van der Waals surface area (Å²) in [6.07, 6.45) is -1.96. The summed E-state index contributed by atoms with van der Waals surface area (Å²) in [5.74, 6) is 1.05. The van der Waals surface area contributed by atoms with Crippen LogP contribution in [0.15, 0.2) is 60.2 Å². The molecule has 0 unspecified atom stereocenters. The Morgan fingerprint density at radius 2 is 1.90 bits per heavy atom. The van der Waals surface area contributed by atoms with Gasteiger partial charge in [0.25, 0.3) is 0 Å². The van der Waals surface area contributed by atoms with E-state index in [2.05, 4.69) is 0 Å². The van der Waals surface area contributed by atoms with Crippen LogP contribution in [-0.4, -0.2) is 12.9 Å². The van der Waals surface area contributed by atoms with Crippen molar-refractivity contribution in [1.82, 2.24) is 0 Å². The molecule has 0 fully saturated rings. The number of carbonyl (C=O) groups excluding carboxylic acids is 1. The zero-order valence-corrected chi connectivity index (χ0v) is 15.8. The maximum Gasteiger partial charge on any atom is 0.426 e. The summed E-state index contributed by atoms with van der Waals surface area (Å²) in [5, 5.41) is 0. The molecule has 29 heavy (non-hydrogen) atoms. The molecule has 0 spiro atoms. The molecule has 0 atom stereocenters. The van der Waals surface area contributed by atoms with Crippen LogP contribution in [0.25, 0.3) is 17.2 Å². The van der Waals surface area contributed by atoms with Crippen LogP contribution >= 0.6 is 11.3 Å². The van der Waals surface area contributed by atoms with Gasteiger partial charge in [0.05, 0.1) is 0 Å². The minimum absolute atomic E-state index is 0.00872. The molecule has 1 aliphatic heterocycles. The van der Waals surface area contributed by atoms with Gasteiger partial charge in [-0.05, 0) is 29.8 Å². The lowest BCUT2D eigenvalue weighted by Crippen LogP contribution is -2.08. The first-order valence-corrected chi connectivity index (χ1v) is 9.56. The van der Waals surface area contributed by atoms with E-state index >= 15 is 0 Å². The summed E-state index contributed by atoms with van der Waals surface area (Å²) in [6.45, 7) is 0.190. The molecule has 1 aromatic heterocycles. The number of thiophene rings is 1. The zero-order chi connectivity index (χ0) is 20.4. The predicted molar refractivity (Wildman–Crippen MR) is 105 cm³/mol. The summed E-state index contributed by atoms with van der Waals surface area (Å²) in [4.78, 5) is 10.7. The fraction of sp³-hybridized carbons (Fsp3) is 0.136. The van der Waals surface area contributed by atoms with Crippen LogP contribution in [0.4, 0.5) is 13.2 Å². The molecule has 148 valence electrons. The smallest absolute Gasteiger partial charge is 0.426 e. The fourth-order valence-electron chi connectivity index (χ4n) is 3.03. The van der Waals surface area contributed by atoms with Crippen LogP contribution in [0.2, 0.25) is 0 Å². The highest BCUT2D eigenvalue weighted by Crippen LogP contribution is 2.43. The van der Waals surface area contributed by atoms with Gasteiger partial charge in [0, 0.05) is 27.6 Å². The molecule has 2 heterocycles. The van der Waals surface area contributed by atoms with Crippen LogP contribution in [0.3, 0.4) is 0 Å². The van der Waals surface area contributed by atoms with Gasteiger partial charge in [-0.15, -0.1) is 11.3 Å². The Balaban J connectivity index is 1.56. The van der Waals surface area contributed by atoms with Crippen molar-refractivity contribution in [2.75, 3.05) is 6.61 Å². The van der Waals surface area contributed by atoms with Gasteiger partial charge in [0.1, 0.15) is 35.9 Å². The molecule has 0 bridgehead atoms. The van der Waals surface area contributed by atoms with Crippen molar-refractivity contribution in [1.29, 1.82) is 0 Å². The molecule has 0 aliphatic carbocycles. The van der Waals surface area contributed by atoms with Gasteiger partial charge < -0.3 is 9.47 Å². The minimum atomic E-state index is -4.43. The van der Waals surface area contributed by atoms with E-state index in [1.54, 1.807) is 54.6 Å². The van der Waals surface area contributed by atoms with Crippen molar-refractivity contribution < 1.29 is 27.4 Å². The summed E-state index contributed by atoms with van der Waals surface area (Å²) in [7, 11) is 0. The van der Waals surface area contributed by atoms with Gasteiger partial charge in [-0.25, -0.2) is 0 Å². The number of fused-ring (bicyclic) bond motifs is 1. The first kappa shape index (κ1) is 19.3. The van der Waals surface area contributed by atoms with E-state index in [9.17, 15) is 18.0 Å². The first-order chi connectivity index (χ1) is 13.9. The summed E-state index contributed by atoms with van der Waals surface area (Å²) < 4.78 is 51.7. The van der Waals surface area contributed by atoms with Gasteiger partial charge in [0.2, 0.25) is 0 Å². The van der Waals surface area contributed by atoms with E-state index in [4.69, 9.17) is 9.47 Å². The molecule has 2 aromatic carbocycles. The molecule has 0 saturated carbocycles. The predicted octanol–water partition coefficient (Wildman–Crippen LogP) is 5.99. The molecule has 3 aromatic rings. The molecular weight excluding hydrogens is 401 g/mol. The van der Waals surface area contributed by atoms with E-state index in [-0.39, 0.29) is 18.8 Å². The monoisotopic (exact) mass is 416 g/mol. The highest BCUT2D eigenvalue weighted by molar-refractivity contribution is 7.12. The Hall–Kier alpha value is -3.06. The number of alkyl halides is 3. The lowest BCUT2D eigenvalue weighted by Gasteiger charge is -2.16. The van der Waals surface area contributed by atoms with Crippen molar-refractivity contribution in [2.24, 2.45) is 0 Å². The molecule has 0 N–H and O–H groups in total. The van der Waals surface area contributed by atoms with Gasteiger partial charge in [-0.1, -0.05) is 30.3 Å². The molecule has 1 aliphatic rings. The second kappa shape index (κ2) is 7.75. The van der Waals surface area contributed by atoms with E-state index in [1.165, 1.54) is 6.07 Å². The van der Waals surface area contributed by atoms with Crippen LogP contribution in [0.1, 0.15) is 15.3 Å². The third kappa shape index (κ3) is 4.19. The summed E-state index contributed by atoms with van der Waals surface area (Å²) in [6, 6.07) is 15.1.